The topological polar surface area (TPSA) is 73.6 Å². The van der Waals surface area contributed by atoms with Crippen LogP contribution in [-0.2, 0) is 0 Å². The van der Waals surface area contributed by atoms with Gasteiger partial charge in [-0.25, -0.2) is 4.98 Å². The summed E-state index contributed by atoms with van der Waals surface area (Å²) in [6.07, 6.45) is 0. The first-order valence-corrected chi connectivity index (χ1v) is 9.04. The summed E-state index contributed by atoms with van der Waals surface area (Å²) in [5.41, 5.74) is 1.84. The molecule has 0 fully saturated rings. The van der Waals surface area contributed by atoms with Gasteiger partial charge in [-0.2, -0.15) is 0 Å². The van der Waals surface area contributed by atoms with Gasteiger partial charge < -0.3 is 13.9 Å². The number of furan rings is 1. The number of carbonyl (C=O) groups is 1. The number of nitrogens with zero attached hydrogens (tertiary/aromatic N) is 1. The molecular weight excluding hydrogens is 364 g/mol. The number of aromatic nitrogens is 1. The smallest absolute Gasteiger partial charge is 0.261 e. The lowest BCUT2D eigenvalue weighted by Crippen LogP contribution is -2.13. The van der Waals surface area contributed by atoms with Gasteiger partial charge in [-0.15, -0.1) is 11.3 Å². The molecule has 0 saturated heterocycles. The monoisotopic (exact) mass is 380 g/mol. The highest BCUT2D eigenvalue weighted by molar-refractivity contribution is 7.14. The summed E-state index contributed by atoms with van der Waals surface area (Å²) >= 11 is 1.33. The van der Waals surface area contributed by atoms with Gasteiger partial charge in [-0.05, 0) is 30.3 Å². The fraction of sp³-hybridized carbons (Fsp3) is 0.100. The van der Waals surface area contributed by atoms with Crippen LogP contribution in [0.3, 0.4) is 0 Å². The van der Waals surface area contributed by atoms with E-state index in [9.17, 15) is 4.79 Å². The number of nitrogens with one attached hydrogen (secondary N) is 1. The molecule has 27 heavy (non-hydrogen) atoms. The predicted octanol–water partition coefficient (Wildman–Crippen LogP) is 4.83. The van der Waals surface area contributed by atoms with E-state index in [0.29, 0.717) is 33.6 Å². The van der Waals surface area contributed by atoms with Crippen LogP contribution in [0.5, 0.6) is 11.5 Å². The highest BCUT2D eigenvalue weighted by Gasteiger charge is 2.16. The van der Waals surface area contributed by atoms with Crippen molar-refractivity contribution in [1.82, 2.24) is 4.98 Å². The van der Waals surface area contributed by atoms with E-state index in [-0.39, 0.29) is 5.91 Å². The van der Waals surface area contributed by atoms with E-state index in [4.69, 9.17) is 13.9 Å². The quantitative estimate of drug-likeness (QED) is 0.537. The van der Waals surface area contributed by atoms with Crippen molar-refractivity contribution < 1.29 is 18.7 Å². The fourth-order valence-electron chi connectivity index (χ4n) is 2.71. The molecule has 0 atom stereocenters. The van der Waals surface area contributed by atoms with Gasteiger partial charge in [0.25, 0.3) is 5.91 Å². The zero-order chi connectivity index (χ0) is 18.8. The van der Waals surface area contributed by atoms with Gasteiger partial charge in [0, 0.05) is 10.8 Å². The lowest BCUT2D eigenvalue weighted by Gasteiger charge is -2.09. The van der Waals surface area contributed by atoms with Crippen LogP contribution >= 0.6 is 11.3 Å². The third kappa shape index (κ3) is 3.37. The Morgan fingerprint density at radius 2 is 1.96 bits per heavy atom. The first-order chi connectivity index (χ1) is 13.2. The van der Waals surface area contributed by atoms with Crippen molar-refractivity contribution >= 4 is 33.3 Å². The summed E-state index contributed by atoms with van der Waals surface area (Å²) in [5, 5.41) is 6.12. The molecule has 136 valence electrons. The van der Waals surface area contributed by atoms with E-state index in [1.807, 2.05) is 35.7 Å². The average molecular weight is 380 g/mol. The highest BCUT2D eigenvalue weighted by atomic mass is 32.1. The zero-order valence-corrected chi connectivity index (χ0v) is 15.5. The standard InChI is InChI=1S/C20H16N2O4S/c1-24-13-7-8-17(25-2)14(10-13)19(23)22-20-21-15(11-27-20)18-9-12-5-3-4-6-16(12)26-18/h3-11H,1-2H3,(H,21,22,23). The van der Waals surface area contributed by atoms with Gasteiger partial charge in [0.05, 0.1) is 19.8 Å². The van der Waals surface area contributed by atoms with E-state index in [0.717, 1.165) is 11.0 Å². The Bertz CT molecular complexity index is 1080. The number of thiazole rings is 1. The number of methoxy groups -OCH3 is 2. The molecule has 4 aromatic rings. The highest BCUT2D eigenvalue weighted by Crippen LogP contribution is 2.31. The summed E-state index contributed by atoms with van der Waals surface area (Å²) in [7, 11) is 3.06. The molecule has 0 spiro atoms. The Balaban J connectivity index is 1.58. The number of benzene rings is 2. The average Bonchev–Trinajstić information content (AvgIpc) is 3.33. The van der Waals surface area contributed by atoms with Crippen LogP contribution in [-0.4, -0.2) is 25.1 Å². The molecule has 2 aromatic carbocycles. The lowest BCUT2D eigenvalue weighted by atomic mass is 10.1. The number of amides is 1. The van der Waals surface area contributed by atoms with E-state index < -0.39 is 0 Å². The van der Waals surface area contributed by atoms with Crippen molar-refractivity contribution in [3.05, 3.63) is 59.5 Å². The largest absolute Gasteiger partial charge is 0.497 e. The first kappa shape index (κ1) is 17.1. The van der Waals surface area contributed by atoms with Crippen LogP contribution < -0.4 is 14.8 Å². The maximum absolute atomic E-state index is 12.6. The summed E-state index contributed by atoms with van der Waals surface area (Å²) in [6.45, 7) is 0. The minimum Gasteiger partial charge on any atom is -0.497 e. The van der Waals surface area contributed by atoms with Gasteiger partial charge in [-0.3, -0.25) is 10.1 Å². The molecule has 0 radical (unpaired) electrons. The second-order valence-electron chi connectivity index (χ2n) is 5.71. The molecule has 7 heteroatoms. The molecule has 0 bridgehead atoms. The Morgan fingerprint density at radius 3 is 2.74 bits per heavy atom. The van der Waals surface area contributed by atoms with Gasteiger partial charge in [0.2, 0.25) is 0 Å². The van der Waals surface area contributed by atoms with Crippen LogP contribution in [0.4, 0.5) is 5.13 Å². The van der Waals surface area contributed by atoms with Crippen molar-refractivity contribution in [3.8, 4) is 23.0 Å². The van der Waals surface area contributed by atoms with Crippen LogP contribution in [0.15, 0.2) is 58.3 Å². The second kappa shape index (κ2) is 7.13. The van der Waals surface area contributed by atoms with Crippen LogP contribution in [0.2, 0.25) is 0 Å². The summed E-state index contributed by atoms with van der Waals surface area (Å²) in [4.78, 5) is 17.1. The normalized spacial score (nSPS) is 10.7. The first-order valence-electron chi connectivity index (χ1n) is 8.16. The molecule has 4 rings (SSSR count). The third-order valence-corrected chi connectivity index (χ3v) is 4.81. The number of rotatable bonds is 5. The molecule has 2 heterocycles. The number of hydrogen-bond donors (Lipinski definition) is 1. The van der Waals surface area contributed by atoms with E-state index >= 15 is 0 Å². The number of carbonyl (C=O) groups excluding carboxylic acids is 1. The molecule has 0 aliphatic rings. The minimum atomic E-state index is -0.323. The SMILES string of the molecule is COc1ccc(OC)c(C(=O)Nc2nc(-c3cc4ccccc4o3)cs2)c1. The van der Waals surface area contributed by atoms with E-state index in [2.05, 4.69) is 10.3 Å². The third-order valence-electron chi connectivity index (χ3n) is 4.05. The number of para-hydroxylation sites is 1. The molecular formula is C20H16N2O4S. The molecule has 2 aromatic heterocycles. The second-order valence-corrected chi connectivity index (χ2v) is 6.56. The maximum atomic E-state index is 12.6. The zero-order valence-electron chi connectivity index (χ0n) is 14.7. The summed E-state index contributed by atoms with van der Waals surface area (Å²) in [5.74, 6) is 1.37. The summed E-state index contributed by atoms with van der Waals surface area (Å²) < 4.78 is 16.3. The number of fused-ring (bicyclic) bond motifs is 1. The molecule has 0 aliphatic heterocycles. The van der Waals surface area contributed by atoms with Crippen molar-refractivity contribution in [2.75, 3.05) is 19.5 Å². The number of hydrogen-bond acceptors (Lipinski definition) is 6. The molecule has 6 nitrogen and oxygen atoms in total. The van der Waals surface area contributed by atoms with E-state index in [1.165, 1.54) is 18.4 Å². The van der Waals surface area contributed by atoms with Crippen LogP contribution in [0, 0.1) is 0 Å². The van der Waals surface area contributed by atoms with Crippen molar-refractivity contribution in [3.63, 3.8) is 0 Å². The van der Waals surface area contributed by atoms with Gasteiger partial charge in [-0.1, -0.05) is 18.2 Å². The maximum Gasteiger partial charge on any atom is 0.261 e. The van der Waals surface area contributed by atoms with Crippen molar-refractivity contribution in [2.45, 2.75) is 0 Å². The fourth-order valence-corrected chi connectivity index (χ4v) is 3.40. The van der Waals surface area contributed by atoms with Gasteiger partial charge in [0.1, 0.15) is 22.8 Å². The molecule has 0 unspecified atom stereocenters. The minimum absolute atomic E-state index is 0.323. The molecule has 0 aliphatic carbocycles. The molecule has 1 amide bonds. The number of ether oxygens (including phenoxy) is 2. The molecule has 1 N–H and O–H groups in total. The van der Waals surface area contributed by atoms with E-state index in [1.54, 1.807) is 25.3 Å². The van der Waals surface area contributed by atoms with Crippen LogP contribution in [0.1, 0.15) is 10.4 Å². The Kier molecular flexibility index (Phi) is 4.52. The predicted molar refractivity (Wildman–Crippen MR) is 105 cm³/mol. The number of anilines is 1. The van der Waals surface area contributed by atoms with Gasteiger partial charge >= 0.3 is 0 Å². The summed E-state index contributed by atoms with van der Waals surface area (Å²) in [6, 6.07) is 14.7. The Labute approximate surface area is 159 Å². The van der Waals surface area contributed by atoms with Crippen molar-refractivity contribution in [1.29, 1.82) is 0 Å². The molecule has 0 saturated carbocycles. The Hall–Kier alpha value is -3.32. The van der Waals surface area contributed by atoms with Crippen molar-refractivity contribution in [2.24, 2.45) is 0 Å². The van der Waals surface area contributed by atoms with Gasteiger partial charge in [0.15, 0.2) is 10.9 Å². The Morgan fingerprint density at radius 1 is 1.11 bits per heavy atom. The lowest BCUT2D eigenvalue weighted by molar-refractivity contribution is 0.102. The van der Waals surface area contributed by atoms with Crippen LogP contribution in [0.25, 0.3) is 22.4 Å².